The molecular weight excluding hydrogens is 581 g/mol. The van der Waals surface area contributed by atoms with Crippen LogP contribution < -0.4 is 10.1 Å². The van der Waals surface area contributed by atoms with E-state index in [1.165, 1.54) is 0 Å². The predicted molar refractivity (Wildman–Crippen MR) is 167 cm³/mol. The van der Waals surface area contributed by atoms with Crippen molar-refractivity contribution in [2.24, 2.45) is 0 Å². The lowest BCUT2D eigenvalue weighted by Crippen LogP contribution is -2.31. The van der Waals surface area contributed by atoms with Crippen molar-refractivity contribution in [2.45, 2.75) is 52.6 Å². The zero-order valence-corrected chi connectivity index (χ0v) is 26.0. The summed E-state index contributed by atoms with van der Waals surface area (Å²) in [5.41, 5.74) is 6.82. The van der Waals surface area contributed by atoms with Gasteiger partial charge in [-0.05, 0) is 97.5 Å². The topological polar surface area (TPSA) is 67.9 Å². The molecule has 2 amide bonds. The maximum Gasteiger partial charge on any atom is 0.416 e. The van der Waals surface area contributed by atoms with Gasteiger partial charge in [0, 0.05) is 18.2 Å². The molecule has 9 heteroatoms. The Morgan fingerprint density at radius 2 is 1.64 bits per heavy atom. The zero-order valence-electron chi connectivity index (χ0n) is 26.0. The normalized spacial score (nSPS) is 16.5. The minimum Gasteiger partial charge on any atom is -0.496 e. The van der Waals surface area contributed by atoms with Crippen molar-refractivity contribution in [3.63, 3.8) is 0 Å². The van der Waals surface area contributed by atoms with Gasteiger partial charge >= 0.3 is 12.3 Å². The van der Waals surface area contributed by atoms with Gasteiger partial charge < -0.3 is 14.8 Å². The number of hydrogen-bond acceptors (Lipinski definition) is 4. The number of rotatable bonds is 7. The monoisotopic (exact) mass is 616 g/mol. The summed E-state index contributed by atoms with van der Waals surface area (Å²) in [6.45, 7) is 7.46. The first-order valence-corrected chi connectivity index (χ1v) is 14.6. The number of amides is 2. The molecule has 0 aromatic heterocycles. The first-order valence-electron chi connectivity index (χ1n) is 14.6. The van der Waals surface area contributed by atoms with Crippen molar-refractivity contribution in [2.75, 3.05) is 14.2 Å². The number of nitrogens with zero attached hydrogens (tertiary/aromatic N) is 1. The highest BCUT2D eigenvalue weighted by Crippen LogP contribution is 2.41. The Kier molecular flexibility index (Phi) is 8.65. The van der Waals surface area contributed by atoms with Crippen LogP contribution in [0.4, 0.5) is 18.0 Å². The molecule has 1 aliphatic heterocycles. The number of ether oxygens (including phenoxy) is 2. The van der Waals surface area contributed by atoms with Crippen LogP contribution in [0.15, 0.2) is 72.8 Å². The van der Waals surface area contributed by atoms with E-state index in [0.29, 0.717) is 22.4 Å². The van der Waals surface area contributed by atoms with E-state index in [0.717, 1.165) is 51.1 Å². The summed E-state index contributed by atoms with van der Waals surface area (Å²) >= 11 is 0. The fraction of sp³-hybridized carbons (Fsp3) is 0.278. The Balaban J connectivity index is 1.51. The van der Waals surface area contributed by atoms with Gasteiger partial charge in [-0.25, -0.2) is 4.79 Å². The molecule has 0 radical (unpaired) electrons. The van der Waals surface area contributed by atoms with Crippen LogP contribution in [0.1, 0.15) is 56.8 Å². The molecule has 4 aromatic rings. The Hall–Kier alpha value is -4.79. The van der Waals surface area contributed by atoms with E-state index in [1.807, 2.05) is 62.4 Å². The molecule has 1 fully saturated rings. The van der Waals surface area contributed by atoms with Gasteiger partial charge in [-0.1, -0.05) is 47.5 Å². The Bertz CT molecular complexity index is 1780. The first-order chi connectivity index (χ1) is 21.3. The summed E-state index contributed by atoms with van der Waals surface area (Å²) in [6, 6.07) is 20.6. The molecule has 0 aliphatic carbocycles. The van der Waals surface area contributed by atoms with Crippen LogP contribution in [0.3, 0.4) is 0 Å². The van der Waals surface area contributed by atoms with E-state index in [2.05, 4.69) is 5.32 Å². The van der Waals surface area contributed by atoms with Gasteiger partial charge in [0.2, 0.25) is 0 Å². The van der Waals surface area contributed by atoms with Gasteiger partial charge in [0.25, 0.3) is 5.91 Å². The largest absolute Gasteiger partial charge is 0.496 e. The summed E-state index contributed by atoms with van der Waals surface area (Å²) in [4.78, 5) is 26.9. The van der Waals surface area contributed by atoms with Crippen molar-refractivity contribution < 1.29 is 32.2 Å². The summed E-state index contributed by atoms with van der Waals surface area (Å²) in [5.74, 6) is 0.474. The van der Waals surface area contributed by atoms with Crippen LogP contribution >= 0.6 is 0 Å². The van der Waals surface area contributed by atoms with Gasteiger partial charge in [-0.2, -0.15) is 13.2 Å². The molecular formula is C36H35F3N2O4. The highest BCUT2D eigenvalue weighted by molar-refractivity contribution is 5.95. The third-order valence-corrected chi connectivity index (χ3v) is 8.27. The van der Waals surface area contributed by atoms with E-state index in [4.69, 9.17) is 9.47 Å². The number of benzene rings is 4. The second kappa shape index (κ2) is 12.3. The second-order valence-electron chi connectivity index (χ2n) is 11.5. The van der Waals surface area contributed by atoms with Crippen molar-refractivity contribution in [1.82, 2.24) is 10.2 Å². The molecule has 234 valence electrons. The maximum atomic E-state index is 13.6. The Labute approximate surface area is 260 Å². The molecule has 6 nitrogen and oxygen atoms in total. The Morgan fingerprint density at radius 3 is 2.31 bits per heavy atom. The Morgan fingerprint density at radius 1 is 0.911 bits per heavy atom. The van der Waals surface area contributed by atoms with Gasteiger partial charge in [0.15, 0.2) is 0 Å². The van der Waals surface area contributed by atoms with Crippen LogP contribution in [-0.2, 0) is 17.5 Å². The quantitative estimate of drug-likeness (QED) is 0.226. The minimum absolute atomic E-state index is 0.163. The number of halogens is 3. The molecule has 1 saturated heterocycles. The lowest BCUT2D eigenvalue weighted by atomic mass is 9.91. The van der Waals surface area contributed by atoms with E-state index >= 15 is 0 Å². The number of methoxy groups -OCH3 is 1. The minimum atomic E-state index is -4.51. The average Bonchev–Trinajstić information content (AvgIpc) is 3.28. The molecule has 4 aromatic carbocycles. The van der Waals surface area contributed by atoms with Gasteiger partial charge in [0.05, 0.1) is 25.3 Å². The molecule has 0 bridgehead atoms. The van der Waals surface area contributed by atoms with Crippen LogP contribution in [-0.4, -0.2) is 37.1 Å². The molecule has 1 N–H and O–H groups in total. The number of hydrogen-bond donors (Lipinski definition) is 1. The van der Waals surface area contributed by atoms with E-state index in [9.17, 15) is 22.8 Å². The molecule has 1 aliphatic rings. The molecule has 2 atom stereocenters. The summed E-state index contributed by atoms with van der Waals surface area (Å²) in [6.07, 6.45) is -5.96. The van der Waals surface area contributed by atoms with Gasteiger partial charge in [0.1, 0.15) is 11.9 Å². The number of carbonyl (C=O) groups is 2. The van der Waals surface area contributed by atoms with Gasteiger partial charge in [-0.15, -0.1) is 0 Å². The number of carbonyl (C=O) groups excluding carboxylic acids is 2. The standard InChI is InChI=1S/C36H35F3N2O4/c1-20-7-10-30(31-18-24(9-12-32(31)44-6)29-11-8-25(16-22(29)3)34(42)40-5)27(13-20)19-41-23(4)33(45-35(41)43)26-14-21(2)15-28(17-26)36(37,38)39/h7-18,23,33H,19H2,1-6H3,(H,40,42)/t23-,33-/m0/s1. The third-order valence-electron chi connectivity index (χ3n) is 8.27. The molecule has 0 spiro atoms. The summed E-state index contributed by atoms with van der Waals surface area (Å²) in [5, 5.41) is 2.65. The molecule has 0 saturated carbocycles. The van der Waals surface area contributed by atoms with Crippen molar-refractivity contribution in [3.8, 4) is 28.0 Å². The highest BCUT2D eigenvalue weighted by Gasteiger charge is 2.41. The van der Waals surface area contributed by atoms with Crippen LogP contribution in [0.5, 0.6) is 5.75 Å². The third kappa shape index (κ3) is 6.38. The average molecular weight is 617 g/mol. The summed E-state index contributed by atoms with van der Waals surface area (Å²) in [7, 11) is 3.19. The maximum absolute atomic E-state index is 13.6. The molecule has 5 rings (SSSR count). The predicted octanol–water partition coefficient (Wildman–Crippen LogP) is 8.41. The first kappa shape index (κ1) is 31.6. The van der Waals surface area contributed by atoms with E-state index in [-0.39, 0.29) is 12.5 Å². The van der Waals surface area contributed by atoms with E-state index < -0.39 is 30.0 Å². The number of nitrogens with one attached hydrogen (secondary N) is 1. The fourth-order valence-electron chi connectivity index (χ4n) is 5.96. The lowest BCUT2D eigenvalue weighted by molar-refractivity contribution is -0.137. The molecule has 45 heavy (non-hydrogen) atoms. The molecule has 0 unspecified atom stereocenters. The van der Waals surface area contributed by atoms with Crippen LogP contribution in [0.2, 0.25) is 0 Å². The SMILES string of the molecule is CNC(=O)c1ccc(-c2ccc(OC)c(-c3ccc(C)cc3CN3C(=O)O[C@H](c4cc(C)cc(C(F)(F)F)c4)[C@@H]3C)c2)c(C)c1. The number of cyclic esters (lactones) is 1. The van der Waals surface area contributed by atoms with Crippen LogP contribution in [0.25, 0.3) is 22.3 Å². The van der Waals surface area contributed by atoms with E-state index in [1.54, 1.807) is 45.0 Å². The van der Waals surface area contributed by atoms with Crippen LogP contribution in [0, 0.1) is 20.8 Å². The number of alkyl halides is 3. The molecule has 1 heterocycles. The smallest absolute Gasteiger partial charge is 0.416 e. The highest BCUT2D eigenvalue weighted by atomic mass is 19.4. The zero-order chi connectivity index (χ0) is 32.6. The van der Waals surface area contributed by atoms with Crippen molar-refractivity contribution >= 4 is 12.0 Å². The fourth-order valence-corrected chi connectivity index (χ4v) is 5.96. The lowest BCUT2D eigenvalue weighted by Gasteiger charge is -2.24. The second-order valence-corrected chi connectivity index (χ2v) is 11.5. The van der Waals surface area contributed by atoms with Crippen molar-refractivity contribution in [3.05, 3.63) is 112 Å². The summed E-state index contributed by atoms with van der Waals surface area (Å²) < 4.78 is 52.1. The van der Waals surface area contributed by atoms with Gasteiger partial charge in [-0.3, -0.25) is 9.69 Å². The van der Waals surface area contributed by atoms with Crippen molar-refractivity contribution in [1.29, 1.82) is 0 Å². The number of aryl methyl sites for hydroxylation is 3.